The van der Waals surface area contributed by atoms with Gasteiger partial charge < -0.3 is 14.6 Å². The van der Waals surface area contributed by atoms with Gasteiger partial charge in [0.15, 0.2) is 0 Å². The number of hydrogen-bond acceptors (Lipinski definition) is 5. The molecule has 0 saturated heterocycles. The van der Waals surface area contributed by atoms with E-state index in [1.807, 2.05) is 7.05 Å². The molecule has 1 aromatic rings. The van der Waals surface area contributed by atoms with Crippen LogP contribution in [0.4, 0.5) is 0 Å². The topological polar surface area (TPSA) is 60.2 Å². The Labute approximate surface area is 127 Å². The van der Waals surface area contributed by atoms with Gasteiger partial charge in [-0.15, -0.1) is 0 Å². The zero-order valence-electron chi connectivity index (χ0n) is 13.8. The predicted molar refractivity (Wildman–Crippen MR) is 82.2 cm³/mol. The smallest absolute Gasteiger partial charge is 0.231 e. The van der Waals surface area contributed by atoms with Gasteiger partial charge in [-0.25, -0.2) is 0 Å². The van der Waals surface area contributed by atoms with Crippen LogP contribution in [-0.4, -0.2) is 30.3 Å². The summed E-state index contributed by atoms with van der Waals surface area (Å²) < 4.78 is 11.2. The molecule has 1 aliphatic rings. The first-order valence-electron chi connectivity index (χ1n) is 8.24. The molecule has 0 spiro atoms. The van der Waals surface area contributed by atoms with Crippen molar-refractivity contribution in [3.05, 3.63) is 11.7 Å². The van der Waals surface area contributed by atoms with E-state index in [2.05, 4.69) is 29.3 Å². The molecular formula is C16H29N3O2. The quantitative estimate of drug-likeness (QED) is 0.835. The van der Waals surface area contributed by atoms with E-state index in [1.54, 1.807) is 7.11 Å². The Morgan fingerprint density at radius 1 is 1.33 bits per heavy atom. The molecule has 5 heteroatoms. The van der Waals surface area contributed by atoms with Crippen molar-refractivity contribution >= 4 is 0 Å². The average Bonchev–Trinajstić information content (AvgIpc) is 2.99. The van der Waals surface area contributed by atoms with E-state index < -0.39 is 0 Å². The molecule has 0 aromatic carbocycles. The van der Waals surface area contributed by atoms with Crippen LogP contribution in [-0.2, 0) is 4.74 Å². The van der Waals surface area contributed by atoms with Crippen molar-refractivity contribution in [2.45, 2.75) is 70.4 Å². The highest BCUT2D eigenvalue weighted by Gasteiger charge is 2.30. The lowest BCUT2D eigenvalue weighted by atomic mass is 9.85. The number of nitrogens with zero attached hydrogens (tertiary/aromatic N) is 2. The number of likely N-dealkylation sites (N-methyl/N-ethyl adjacent to an activating group) is 1. The third kappa shape index (κ3) is 3.83. The van der Waals surface area contributed by atoms with E-state index >= 15 is 0 Å². The van der Waals surface area contributed by atoms with Crippen LogP contribution in [0.25, 0.3) is 0 Å². The molecule has 1 saturated carbocycles. The maximum Gasteiger partial charge on any atom is 0.231 e. The van der Waals surface area contributed by atoms with E-state index in [1.165, 1.54) is 32.1 Å². The van der Waals surface area contributed by atoms with Gasteiger partial charge in [0.05, 0.1) is 5.92 Å². The lowest BCUT2D eigenvalue weighted by Crippen LogP contribution is -2.28. The van der Waals surface area contributed by atoms with E-state index in [-0.39, 0.29) is 12.0 Å². The number of methoxy groups -OCH3 is 1. The Kier molecular flexibility index (Phi) is 6.18. The highest BCUT2D eigenvalue weighted by atomic mass is 16.5. The molecule has 0 bridgehead atoms. The zero-order chi connectivity index (χ0) is 15.2. The van der Waals surface area contributed by atoms with Crippen molar-refractivity contribution in [2.75, 3.05) is 14.2 Å². The van der Waals surface area contributed by atoms with Gasteiger partial charge in [0, 0.05) is 13.2 Å². The van der Waals surface area contributed by atoms with Crippen LogP contribution in [0.2, 0.25) is 0 Å². The van der Waals surface area contributed by atoms with Crippen LogP contribution < -0.4 is 5.32 Å². The maximum absolute atomic E-state index is 5.69. The van der Waals surface area contributed by atoms with Crippen molar-refractivity contribution in [2.24, 2.45) is 5.92 Å². The molecule has 0 amide bonds. The monoisotopic (exact) mass is 295 g/mol. The number of nitrogens with one attached hydrogen (secondary N) is 1. The molecule has 120 valence electrons. The summed E-state index contributed by atoms with van der Waals surface area (Å²) in [5.41, 5.74) is 0. The van der Waals surface area contributed by atoms with Crippen LogP contribution in [0, 0.1) is 5.92 Å². The standard InChI is InChI=1S/C16H29N3O2/c1-5-13(11(2)17-3)16-18-15(19-21-16)14(20-4)12-9-7-6-8-10-12/h11-14,17H,5-10H2,1-4H3. The highest BCUT2D eigenvalue weighted by Crippen LogP contribution is 2.36. The van der Waals surface area contributed by atoms with Crippen LogP contribution >= 0.6 is 0 Å². The number of ether oxygens (including phenoxy) is 1. The molecule has 1 N–H and O–H groups in total. The summed E-state index contributed by atoms with van der Waals surface area (Å²) in [6.45, 7) is 4.30. The van der Waals surface area contributed by atoms with Gasteiger partial charge in [0.1, 0.15) is 6.10 Å². The fourth-order valence-corrected chi connectivity index (χ4v) is 3.40. The first-order valence-corrected chi connectivity index (χ1v) is 8.24. The SMILES string of the molecule is CCC(c1nc(C(OC)C2CCCCC2)no1)C(C)NC. The van der Waals surface area contributed by atoms with E-state index in [9.17, 15) is 0 Å². The number of hydrogen-bond donors (Lipinski definition) is 1. The third-order valence-electron chi connectivity index (χ3n) is 4.86. The summed E-state index contributed by atoms with van der Waals surface area (Å²) >= 11 is 0. The van der Waals surface area contributed by atoms with Crippen LogP contribution in [0.5, 0.6) is 0 Å². The van der Waals surface area contributed by atoms with Crippen LogP contribution in [0.15, 0.2) is 4.52 Å². The molecular weight excluding hydrogens is 266 g/mol. The lowest BCUT2D eigenvalue weighted by molar-refractivity contribution is 0.0273. The lowest BCUT2D eigenvalue weighted by Gasteiger charge is -2.27. The minimum atomic E-state index is -0.0230. The second kappa shape index (κ2) is 7.90. The second-order valence-corrected chi connectivity index (χ2v) is 6.14. The molecule has 3 unspecified atom stereocenters. The maximum atomic E-state index is 5.69. The summed E-state index contributed by atoms with van der Waals surface area (Å²) in [5, 5.41) is 7.48. The Balaban J connectivity index is 2.12. The van der Waals surface area contributed by atoms with E-state index in [0.29, 0.717) is 12.0 Å². The third-order valence-corrected chi connectivity index (χ3v) is 4.86. The summed E-state index contributed by atoms with van der Waals surface area (Å²) in [6.07, 6.45) is 7.25. The molecule has 1 heterocycles. The Morgan fingerprint density at radius 3 is 2.62 bits per heavy atom. The number of rotatable bonds is 7. The summed E-state index contributed by atoms with van der Waals surface area (Å²) in [7, 11) is 3.72. The van der Waals surface area contributed by atoms with Crippen molar-refractivity contribution in [3.63, 3.8) is 0 Å². The molecule has 1 aromatic heterocycles. The first kappa shape index (κ1) is 16.4. The van der Waals surface area contributed by atoms with Gasteiger partial charge in [0.25, 0.3) is 0 Å². The first-order chi connectivity index (χ1) is 10.2. The Hall–Kier alpha value is -0.940. The van der Waals surface area contributed by atoms with E-state index in [0.717, 1.165) is 18.1 Å². The fraction of sp³-hybridized carbons (Fsp3) is 0.875. The summed E-state index contributed by atoms with van der Waals surface area (Å²) in [5.74, 6) is 2.23. The normalized spacial score (nSPS) is 21.1. The number of aromatic nitrogens is 2. The average molecular weight is 295 g/mol. The zero-order valence-corrected chi connectivity index (χ0v) is 13.8. The molecule has 3 atom stereocenters. The molecule has 5 nitrogen and oxygen atoms in total. The molecule has 1 aliphatic carbocycles. The highest BCUT2D eigenvalue weighted by molar-refractivity contribution is 5.01. The van der Waals surface area contributed by atoms with Gasteiger partial charge >= 0.3 is 0 Å². The van der Waals surface area contributed by atoms with Gasteiger partial charge in [-0.1, -0.05) is 31.3 Å². The summed E-state index contributed by atoms with van der Waals surface area (Å²) in [6, 6.07) is 0.318. The van der Waals surface area contributed by atoms with Gasteiger partial charge in [0.2, 0.25) is 11.7 Å². The largest absolute Gasteiger partial charge is 0.373 e. The molecule has 0 radical (unpaired) electrons. The van der Waals surface area contributed by atoms with E-state index in [4.69, 9.17) is 9.26 Å². The minimum absolute atomic E-state index is 0.0230. The fourth-order valence-electron chi connectivity index (χ4n) is 3.40. The van der Waals surface area contributed by atoms with Crippen molar-refractivity contribution in [1.29, 1.82) is 0 Å². The Morgan fingerprint density at radius 2 is 2.05 bits per heavy atom. The van der Waals surface area contributed by atoms with Crippen molar-refractivity contribution in [3.8, 4) is 0 Å². The van der Waals surface area contributed by atoms with Gasteiger partial charge in [-0.05, 0) is 39.2 Å². The summed E-state index contributed by atoms with van der Waals surface area (Å²) in [4.78, 5) is 4.65. The molecule has 21 heavy (non-hydrogen) atoms. The van der Waals surface area contributed by atoms with Crippen molar-refractivity contribution < 1.29 is 9.26 Å². The van der Waals surface area contributed by atoms with Gasteiger partial charge in [-0.2, -0.15) is 4.98 Å². The Bertz CT molecular complexity index is 415. The van der Waals surface area contributed by atoms with Crippen LogP contribution in [0.3, 0.4) is 0 Å². The van der Waals surface area contributed by atoms with Crippen LogP contribution in [0.1, 0.15) is 76.1 Å². The molecule has 0 aliphatic heterocycles. The molecule has 1 fully saturated rings. The molecule has 2 rings (SSSR count). The minimum Gasteiger partial charge on any atom is -0.373 e. The second-order valence-electron chi connectivity index (χ2n) is 6.14. The van der Waals surface area contributed by atoms with Gasteiger partial charge in [-0.3, -0.25) is 0 Å². The van der Waals surface area contributed by atoms with Crippen molar-refractivity contribution in [1.82, 2.24) is 15.5 Å². The predicted octanol–water partition coefficient (Wildman–Crippen LogP) is 3.44.